The molecule has 0 spiro atoms. The normalized spacial score (nSPS) is 15.6. The van der Waals surface area contributed by atoms with Crippen LogP contribution in [0, 0.1) is 5.92 Å². The molecule has 3 heterocycles. The van der Waals surface area contributed by atoms with Gasteiger partial charge in [0.05, 0.1) is 0 Å². The van der Waals surface area contributed by atoms with Crippen molar-refractivity contribution in [1.29, 1.82) is 0 Å². The van der Waals surface area contributed by atoms with Crippen LogP contribution in [-0.2, 0) is 0 Å². The molecule has 0 aliphatic carbocycles. The molecule has 3 aromatic rings. The summed E-state index contributed by atoms with van der Waals surface area (Å²) in [6, 6.07) is 11.3. The average molecular weight is 448 g/mol. The number of aromatic nitrogens is 3. The van der Waals surface area contributed by atoms with Crippen LogP contribution in [-0.4, -0.2) is 40.1 Å². The van der Waals surface area contributed by atoms with Gasteiger partial charge in [0.1, 0.15) is 5.69 Å². The van der Waals surface area contributed by atoms with Crippen molar-refractivity contribution in [2.75, 3.05) is 24.5 Å². The van der Waals surface area contributed by atoms with Gasteiger partial charge in [0.2, 0.25) is 10.1 Å². The Labute approximate surface area is 185 Å². The Morgan fingerprint density at radius 2 is 1.97 bits per heavy atom. The molecule has 1 atom stereocenters. The highest BCUT2D eigenvalue weighted by molar-refractivity contribution is 7.20. The zero-order valence-electron chi connectivity index (χ0n) is 17.1. The molecule has 1 aliphatic heterocycles. The van der Waals surface area contributed by atoms with Crippen LogP contribution in [0.15, 0.2) is 41.2 Å². The maximum absolute atomic E-state index is 12.8. The van der Waals surface area contributed by atoms with Crippen LogP contribution < -0.4 is 15.8 Å². The zero-order valence-corrected chi connectivity index (χ0v) is 18.7. The van der Waals surface area contributed by atoms with E-state index in [0.717, 1.165) is 36.6 Å². The Balaban J connectivity index is 0.00000256. The number of carbonyl (C=O) groups is 1. The van der Waals surface area contributed by atoms with Crippen molar-refractivity contribution in [3.63, 3.8) is 0 Å². The van der Waals surface area contributed by atoms with E-state index >= 15 is 0 Å². The molecule has 1 fully saturated rings. The lowest BCUT2D eigenvalue weighted by molar-refractivity contribution is 0.0944. The van der Waals surface area contributed by atoms with Crippen molar-refractivity contribution in [3.8, 4) is 0 Å². The summed E-state index contributed by atoms with van der Waals surface area (Å²) in [6.45, 7) is 6.66. The van der Waals surface area contributed by atoms with Crippen LogP contribution in [0.5, 0.6) is 0 Å². The predicted octanol–water partition coefficient (Wildman–Crippen LogP) is 3.34. The first kappa shape index (κ1) is 22.2. The van der Waals surface area contributed by atoms with Crippen LogP contribution in [0.25, 0.3) is 4.96 Å². The third-order valence-electron chi connectivity index (χ3n) is 5.47. The van der Waals surface area contributed by atoms with Crippen molar-refractivity contribution in [3.05, 3.63) is 58.0 Å². The fraction of sp³-hybridized carbons (Fsp3) is 0.429. The summed E-state index contributed by atoms with van der Waals surface area (Å²) >= 11 is 1.36. The Kier molecular flexibility index (Phi) is 7.10. The highest BCUT2D eigenvalue weighted by atomic mass is 35.5. The van der Waals surface area contributed by atoms with E-state index in [0.29, 0.717) is 17.4 Å². The number of carbonyl (C=O) groups excluding carboxylic acids is 1. The summed E-state index contributed by atoms with van der Waals surface area (Å²) in [7, 11) is 0. The van der Waals surface area contributed by atoms with Gasteiger partial charge in [-0.25, -0.2) is 0 Å². The molecule has 7 nitrogen and oxygen atoms in total. The van der Waals surface area contributed by atoms with Crippen molar-refractivity contribution < 1.29 is 4.79 Å². The van der Waals surface area contributed by atoms with Crippen LogP contribution in [0.4, 0.5) is 5.13 Å². The monoisotopic (exact) mass is 447 g/mol. The predicted molar refractivity (Wildman–Crippen MR) is 122 cm³/mol. The van der Waals surface area contributed by atoms with Gasteiger partial charge in [0.15, 0.2) is 0 Å². The van der Waals surface area contributed by atoms with Gasteiger partial charge in [0, 0.05) is 25.7 Å². The highest BCUT2D eigenvalue weighted by Crippen LogP contribution is 2.27. The maximum Gasteiger partial charge on any atom is 0.274 e. The van der Waals surface area contributed by atoms with Crippen molar-refractivity contribution in [2.45, 2.75) is 32.6 Å². The molecule has 30 heavy (non-hydrogen) atoms. The summed E-state index contributed by atoms with van der Waals surface area (Å²) in [5.74, 6) is 0.564. The number of nitrogens with zero attached hydrogens (tertiary/aromatic N) is 4. The van der Waals surface area contributed by atoms with Crippen LogP contribution in [0.3, 0.4) is 0 Å². The fourth-order valence-electron chi connectivity index (χ4n) is 3.53. The minimum absolute atomic E-state index is 0. The first-order chi connectivity index (χ1) is 14.0. The number of benzene rings is 1. The molecule has 0 bridgehead atoms. The molecule has 1 N–H and O–H groups in total. The van der Waals surface area contributed by atoms with Crippen molar-refractivity contribution in [1.82, 2.24) is 19.9 Å². The molecule has 0 radical (unpaired) electrons. The van der Waals surface area contributed by atoms with E-state index in [1.807, 2.05) is 30.3 Å². The largest absolute Gasteiger partial charge is 0.350 e. The Morgan fingerprint density at radius 1 is 1.27 bits per heavy atom. The van der Waals surface area contributed by atoms with Gasteiger partial charge in [0.25, 0.3) is 11.5 Å². The third kappa shape index (κ3) is 4.82. The molecule has 1 amide bonds. The Bertz CT molecular complexity index is 1060. The summed E-state index contributed by atoms with van der Waals surface area (Å²) in [5, 5.41) is 8.35. The van der Waals surface area contributed by atoms with E-state index in [1.165, 1.54) is 21.9 Å². The van der Waals surface area contributed by atoms with Crippen LogP contribution in [0.1, 0.15) is 48.7 Å². The molecule has 9 heteroatoms. The molecule has 1 aliphatic rings. The minimum atomic E-state index is -0.422. The Morgan fingerprint density at radius 3 is 2.67 bits per heavy atom. The molecular weight excluding hydrogens is 422 g/mol. The quantitative estimate of drug-likeness (QED) is 0.648. The summed E-state index contributed by atoms with van der Waals surface area (Å²) in [4.78, 5) is 31.6. The van der Waals surface area contributed by atoms with Gasteiger partial charge in [-0.2, -0.15) is 9.50 Å². The SMILES string of the molecule is CC1CCN(c2nn3c(C(=O)NCC(C)c4ccccc4)cc(=O)nc3s2)CC1.Cl. The van der Waals surface area contributed by atoms with Gasteiger partial charge in [-0.1, -0.05) is 55.5 Å². The van der Waals surface area contributed by atoms with Gasteiger partial charge >= 0.3 is 0 Å². The first-order valence-corrected chi connectivity index (χ1v) is 10.8. The standard InChI is InChI=1S/C21H25N5O2S.ClH/c1-14-8-10-25(11-9-14)21-24-26-17(12-18(27)23-20(26)29-21)19(28)22-13-15(2)16-6-4-3-5-7-16;/h3-7,12,14-15H,8-11,13H2,1-2H3,(H,22,28);1H. The van der Waals surface area contributed by atoms with E-state index in [4.69, 9.17) is 0 Å². The second-order valence-corrected chi connectivity index (χ2v) is 8.68. The van der Waals surface area contributed by atoms with E-state index in [9.17, 15) is 9.59 Å². The zero-order chi connectivity index (χ0) is 20.4. The van der Waals surface area contributed by atoms with Gasteiger partial charge in [-0.15, -0.1) is 17.5 Å². The van der Waals surface area contributed by atoms with E-state index in [1.54, 1.807) is 0 Å². The van der Waals surface area contributed by atoms with Gasteiger partial charge in [-0.3, -0.25) is 9.59 Å². The fourth-order valence-corrected chi connectivity index (χ4v) is 4.49. The number of halogens is 1. The number of amides is 1. The average Bonchev–Trinajstić information content (AvgIpc) is 3.16. The Hall–Kier alpha value is -2.45. The topological polar surface area (TPSA) is 79.6 Å². The molecule has 2 aromatic heterocycles. The summed E-state index contributed by atoms with van der Waals surface area (Å²) in [5.41, 5.74) is 0.960. The van der Waals surface area contributed by atoms with Crippen molar-refractivity contribution in [2.24, 2.45) is 5.92 Å². The van der Waals surface area contributed by atoms with Gasteiger partial charge < -0.3 is 10.2 Å². The van der Waals surface area contributed by atoms with E-state index in [-0.39, 0.29) is 29.9 Å². The lowest BCUT2D eigenvalue weighted by Crippen LogP contribution is -2.33. The maximum atomic E-state index is 12.8. The number of piperidine rings is 1. The summed E-state index contributed by atoms with van der Waals surface area (Å²) in [6.07, 6.45) is 2.23. The second-order valence-electron chi connectivity index (χ2n) is 7.75. The minimum Gasteiger partial charge on any atom is -0.350 e. The second kappa shape index (κ2) is 9.57. The van der Waals surface area contributed by atoms with Crippen LogP contribution >= 0.6 is 23.7 Å². The molecule has 1 aromatic carbocycles. The number of rotatable bonds is 5. The van der Waals surface area contributed by atoms with Gasteiger partial charge in [-0.05, 0) is 30.2 Å². The number of hydrogen-bond donors (Lipinski definition) is 1. The first-order valence-electron chi connectivity index (χ1n) is 10.0. The molecule has 4 rings (SSSR count). The third-order valence-corrected chi connectivity index (χ3v) is 6.44. The highest BCUT2D eigenvalue weighted by Gasteiger charge is 2.22. The number of nitrogens with one attached hydrogen (secondary N) is 1. The van der Waals surface area contributed by atoms with Crippen molar-refractivity contribution >= 4 is 39.7 Å². The smallest absolute Gasteiger partial charge is 0.274 e. The van der Waals surface area contributed by atoms with Crippen LogP contribution in [0.2, 0.25) is 0 Å². The lowest BCUT2D eigenvalue weighted by Gasteiger charge is -2.29. The van der Waals surface area contributed by atoms with E-state index < -0.39 is 5.56 Å². The molecule has 160 valence electrons. The molecule has 0 saturated carbocycles. The molecule has 1 saturated heterocycles. The molecule has 1 unspecified atom stereocenters. The van der Waals surface area contributed by atoms with E-state index in [2.05, 4.69) is 34.1 Å². The number of anilines is 1. The summed E-state index contributed by atoms with van der Waals surface area (Å²) < 4.78 is 1.50. The number of fused-ring (bicyclic) bond motifs is 1. The number of hydrogen-bond acceptors (Lipinski definition) is 6. The molecular formula is C21H26ClN5O2S. The lowest BCUT2D eigenvalue weighted by atomic mass is 10.00.